The first-order chi connectivity index (χ1) is 15.3. The van der Waals surface area contributed by atoms with E-state index in [1.165, 1.54) is 13.2 Å². The number of nitrogens with one attached hydrogen (secondary N) is 1. The van der Waals surface area contributed by atoms with Crippen LogP contribution in [0.15, 0.2) is 78.9 Å². The summed E-state index contributed by atoms with van der Waals surface area (Å²) in [6.45, 7) is 5.46. The molecule has 0 aromatic heterocycles. The Bertz CT molecular complexity index is 977. The van der Waals surface area contributed by atoms with Crippen molar-refractivity contribution in [3.05, 3.63) is 101 Å². The minimum absolute atomic E-state index is 0.119. The number of methoxy groups -OCH3 is 1. The highest BCUT2D eigenvalue weighted by atomic mass is 19.1. The Balaban J connectivity index is 1.98. The summed E-state index contributed by atoms with van der Waals surface area (Å²) in [4.78, 5) is 13.2. The topological polar surface area (TPSA) is 47.6 Å². The molecule has 0 aliphatic rings. The van der Waals surface area contributed by atoms with Crippen molar-refractivity contribution in [2.75, 3.05) is 7.11 Å². The van der Waals surface area contributed by atoms with Crippen LogP contribution in [-0.4, -0.2) is 24.7 Å². The average molecular weight is 436 g/mol. The molecule has 4 nitrogen and oxygen atoms in total. The van der Waals surface area contributed by atoms with Crippen LogP contribution < -0.4 is 10.1 Å². The van der Waals surface area contributed by atoms with Crippen molar-refractivity contribution in [3.63, 3.8) is 0 Å². The van der Waals surface area contributed by atoms with Gasteiger partial charge in [0, 0.05) is 6.42 Å². The second kappa shape index (κ2) is 10.4. The molecule has 1 atom stereocenters. The Morgan fingerprint density at radius 2 is 1.50 bits per heavy atom. The number of carbonyl (C=O) groups excluding carboxylic acids is 1. The number of hydrogen-bond acceptors (Lipinski definition) is 4. The van der Waals surface area contributed by atoms with Gasteiger partial charge in [-0.15, -0.1) is 0 Å². The smallest absolute Gasteiger partial charge is 0.324 e. The second-order valence-corrected chi connectivity index (χ2v) is 8.67. The zero-order valence-corrected chi connectivity index (χ0v) is 19.0. The van der Waals surface area contributed by atoms with E-state index in [0.29, 0.717) is 11.3 Å². The van der Waals surface area contributed by atoms with E-state index in [-0.39, 0.29) is 12.5 Å². The Morgan fingerprint density at radius 3 is 2.00 bits per heavy atom. The van der Waals surface area contributed by atoms with Gasteiger partial charge in [0.1, 0.15) is 23.2 Å². The number of carbonyl (C=O) groups is 1. The minimum Gasteiger partial charge on any atom is -0.497 e. The van der Waals surface area contributed by atoms with E-state index < -0.39 is 23.4 Å². The zero-order valence-electron chi connectivity index (χ0n) is 19.0. The molecule has 32 heavy (non-hydrogen) atoms. The SMILES string of the molecule is COc1ccc(F)c(CC(NC(c2ccccc2)c2ccccc2)C(=O)OC(C)(C)C)c1. The maximum Gasteiger partial charge on any atom is 0.324 e. The van der Waals surface area contributed by atoms with E-state index in [1.807, 2.05) is 81.4 Å². The van der Waals surface area contributed by atoms with Gasteiger partial charge in [-0.2, -0.15) is 0 Å². The van der Waals surface area contributed by atoms with Gasteiger partial charge in [0.2, 0.25) is 0 Å². The van der Waals surface area contributed by atoms with E-state index in [1.54, 1.807) is 12.1 Å². The van der Waals surface area contributed by atoms with E-state index in [4.69, 9.17) is 9.47 Å². The molecule has 0 fully saturated rings. The van der Waals surface area contributed by atoms with Crippen LogP contribution in [0, 0.1) is 5.82 Å². The summed E-state index contributed by atoms with van der Waals surface area (Å²) in [5, 5.41) is 3.44. The third kappa shape index (κ3) is 6.41. The number of benzene rings is 3. The first-order valence-corrected chi connectivity index (χ1v) is 10.7. The molecule has 168 valence electrons. The van der Waals surface area contributed by atoms with Crippen molar-refractivity contribution in [2.45, 2.75) is 44.9 Å². The molecule has 0 aliphatic heterocycles. The molecule has 5 heteroatoms. The molecule has 3 aromatic carbocycles. The van der Waals surface area contributed by atoms with Gasteiger partial charge in [0.25, 0.3) is 0 Å². The van der Waals surface area contributed by atoms with Gasteiger partial charge < -0.3 is 9.47 Å². The first kappa shape index (κ1) is 23.5. The van der Waals surface area contributed by atoms with Crippen molar-refractivity contribution in [2.24, 2.45) is 0 Å². The largest absolute Gasteiger partial charge is 0.497 e. The maximum atomic E-state index is 14.6. The van der Waals surface area contributed by atoms with Gasteiger partial charge >= 0.3 is 5.97 Å². The van der Waals surface area contributed by atoms with Gasteiger partial charge in [-0.1, -0.05) is 60.7 Å². The van der Waals surface area contributed by atoms with Crippen molar-refractivity contribution in [3.8, 4) is 5.75 Å². The van der Waals surface area contributed by atoms with E-state index in [9.17, 15) is 9.18 Å². The third-order valence-electron chi connectivity index (χ3n) is 5.00. The predicted octanol–water partition coefficient (Wildman–Crippen LogP) is 5.47. The molecule has 3 rings (SSSR count). The van der Waals surface area contributed by atoms with Gasteiger partial charge in [0.15, 0.2) is 0 Å². The summed E-state index contributed by atoms with van der Waals surface area (Å²) < 4.78 is 25.6. The summed E-state index contributed by atoms with van der Waals surface area (Å²) in [5.74, 6) is -0.291. The maximum absolute atomic E-state index is 14.6. The van der Waals surface area contributed by atoms with E-state index in [2.05, 4.69) is 5.32 Å². The van der Waals surface area contributed by atoms with Gasteiger partial charge in [-0.25, -0.2) is 4.39 Å². The summed E-state index contributed by atoms with van der Waals surface area (Å²) >= 11 is 0. The number of halogens is 1. The lowest BCUT2D eigenvalue weighted by molar-refractivity contribution is -0.157. The molecular formula is C27H30FNO3. The molecule has 0 spiro atoms. The van der Waals surface area contributed by atoms with Crippen LogP contribution in [0.4, 0.5) is 4.39 Å². The molecule has 1 N–H and O–H groups in total. The molecule has 3 aromatic rings. The Labute approximate surface area is 189 Å². The fourth-order valence-corrected chi connectivity index (χ4v) is 3.51. The number of rotatable bonds is 8. The fraction of sp³-hybridized carbons (Fsp3) is 0.296. The molecule has 0 radical (unpaired) electrons. The highest BCUT2D eigenvalue weighted by Gasteiger charge is 2.29. The fourth-order valence-electron chi connectivity index (χ4n) is 3.51. The van der Waals surface area contributed by atoms with Crippen LogP contribution in [0.1, 0.15) is 43.5 Å². The molecule has 0 bridgehead atoms. The lowest BCUT2D eigenvalue weighted by Crippen LogP contribution is -2.44. The number of esters is 1. The van der Waals surface area contributed by atoms with Crippen molar-refractivity contribution < 1.29 is 18.7 Å². The monoisotopic (exact) mass is 435 g/mol. The lowest BCUT2D eigenvalue weighted by Gasteiger charge is -2.29. The van der Waals surface area contributed by atoms with Crippen LogP contribution in [0.3, 0.4) is 0 Å². The standard InChI is InChI=1S/C27H30FNO3/c1-27(2,3)32-26(30)24(18-21-17-22(31-4)15-16-23(21)28)29-25(19-11-7-5-8-12-19)20-13-9-6-10-14-20/h5-17,24-25,29H,18H2,1-4H3. The molecule has 0 saturated heterocycles. The Kier molecular flexibility index (Phi) is 7.65. The van der Waals surface area contributed by atoms with Crippen LogP contribution in [-0.2, 0) is 16.0 Å². The van der Waals surface area contributed by atoms with Crippen LogP contribution in [0.5, 0.6) is 5.75 Å². The molecule has 1 unspecified atom stereocenters. The molecule has 0 saturated carbocycles. The molecular weight excluding hydrogens is 405 g/mol. The Hall–Kier alpha value is -3.18. The summed E-state index contributed by atoms with van der Waals surface area (Å²) in [7, 11) is 1.53. The molecule has 0 aliphatic carbocycles. The normalized spacial score (nSPS) is 12.4. The first-order valence-electron chi connectivity index (χ1n) is 10.7. The van der Waals surface area contributed by atoms with Crippen LogP contribution in [0.25, 0.3) is 0 Å². The number of ether oxygens (including phenoxy) is 2. The average Bonchev–Trinajstić information content (AvgIpc) is 2.77. The second-order valence-electron chi connectivity index (χ2n) is 8.67. The summed E-state index contributed by atoms with van der Waals surface area (Å²) in [6, 6.07) is 23.2. The van der Waals surface area contributed by atoms with Gasteiger partial charge in [-0.3, -0.25) is 10.1 Å². The van der Waals surface area contributed by atoms with Crippen molar-refractivity contribution in [1.82, 2.24) is 5.32 Å². The zero-order chi connectivity index (χ0) is 23.1. The molecule has 0 amide bonds. The minimum atomic E-state index is -0.777. The van der Waals surface area contributed by atoms with Crippen LogP contribution >= 0.6 is 0 Å². The quantitative estimate of drug-likeness (QED) is 0.477. The van der Waals surface area contributed by atoms with E-state index >= 15 is 0 Å². The third-order valence-corrected chi connectivity index (χ3v) is 5.00. The van der Waals surface area contributed by atoms with Gasteiger partial charge in [-0.05, 0) is 55.7 Å². The highest BCUT2D eigenvalue weighted by Crippen LogP contribution is 2.25. The van der Waals surface area contributed by atoms with Crippen molar-refractivity contribution >= 4 is 5.97 Å². The van der Waals surface area contributed by atoms with E-state index in [0.717, 1.165) is 11.1 Å². The summed E-state index contributed by atoms with van der Waals surface area (Å²) in [5.41, 5.74) is 1.71. The van der Waals surface area contributed by atoms with Crippen molar-refractivity contribution in [1.29, 1.82) is 0 Å². The van der Waals surface area contributed by atoms with Gasteiger partial charge in [0.05, 0.1) is 13.2 Å². The van der Waals surface area contributed by atoms with Crippen LogP contribution in [0.2, 0.25) is 0 Å². The summed E-state index contributed by atoms with van der Waals surface area (Å²) in [6.07, 6.45) is 0.119. The predicted molar refractivity (Wildman–Crippen MR) is 124 cm³/mol. The Morgan fingerprint density at radius 1 is 0.938 bits per heavy atom. The highest BCUT2D eigenvalue weighted by molar-refractivity contribution is 5.77. The number of hydrogen-bond donors (Lipinski definition) is 1. The lowest BCUT2D eigenvalue weighted by atomic mass is 9.96. The molecule has 0 heterocycles.